The molecule has 2 rings (SSSR count). The zero-order chi connectivity index (χ0) is 14.2. The van der Waals surface area contributed by atoms with Gasteiger partial charge in [-0.25, -0.2) is 4.39 Å². The van der Waals surface area contributed by atoms with E-state index in [1.807, 2.05) is 12.1 Å². The molecule has 0 unspecified atom stereocenters. The van der Waals surface area contributed by atoms with Crippen molar-refractivity contribution >= 4 is 0 Å². The van der Waals surface area contributed by atoms with Crippen molar-refractivity contribution in [1.82, 2.24) is 4.98 Å². The lowest BCUT2D eigenvalue weighted by Crippen LogP contribution is -1.98. The van der Waals surface area contributed by atoms with E-state index < -0.39 is 0 Å². The summed E-state index contributed by atoms with van der Waals surface area (Å²) in [6.07, 6.45) is 3.72. The smallest absolute Gasteiger partial charge is 0.138 e. The van der Waals surface area contributed by atoms with Crippen LogP contribution in [0.3, 0.4) is 0 Å². The molecule has 0 spiro atoms. The van der Waals surface area contributed by atoms with Gasteiger partial charge in [0.1, 0.15) is 18.2 Å². The average molecular weight is 271 g/mol. The van der Waals surface area contributed by atoms with Crippen molar-refractivity contribution in [1.29, 1.82) is 0 Å². The van der Waals surface area contributed by atoms with Gasteiger partial charge in [0.2, 0.25) is 0 Å². The predicted octanol–water partition coefficient (Wildman–Crippen LogP) is 2.53. The van der Waals surface area contributed by atoms with Gasteiger partial charge >= 0.3 is 0 Å². The Morgan fingerprint density at radius 1 is 1.20 bits per heavy atom. The number of benzene rings is 1. The maximum Gasteiger partial charge on any atom is 0.138 e. The van der Waals surface area contributed by atoms with Gasteiger partial charge in [-0.3, -0.25) is 4.98 Å². The van der Waals surface area contributed by atoms with Gasteiger partial charge in [-0.15, -0.1) is 0 Å². The second-order valence-corrected chi connectivity index (χ2v) is 4.06. The topological polar surface area (TPSA) is 42.4 Å². The van der Waals surface area contributed by atoms with E-state index in [9.17, 15) is 4.39 Å². The summed E-state index contributed by atoms with van der Waals surface area (Å²) >= 11 is 0. The van der Waals surface area contributed by atoms with Crippen LogP contribution in [0.15, 0.2) is 42.7 Å². The second-order valence-electron chi connectivity index (χ2n) is 4.06. The van der Waals surface area contributed by atoms with Crippen LogP contribution in [0.5, 0.6) is 5.75 Å². The van der Waals surface area contributed by atoms with Crippen LogP contribution in [0, 0.1) is 17.7 Å². The summed E-state index contributed by atoms with van der Waals surface area (Å²) in [6.45, 7) is 0.321. The Balaban J connectivity index is 2.13. The maximum absolute atomic E-state index is 13.3. The lowest BCUT2D eigenvalue weighted by molar-refractivity contribution is 0.303. The number of aliphatic hydroxyl groups excluding tert-OH is 1. The fraction of sp³-hybridized carbons (Fsp3) is 0.188. The number of hydrogen-bond acceptors (Lipinski definition) is 3. The SMILES string of the molecule is OCCC#Cc1ccc(F)cc1OCc1ccncc1. The van der Waals surface area contributed by atoms with Gasteiger partial charge in [-0.05, 0) is 29.8 Å². The summed E-state index contributed by atoms with van der Waals surface area (Å²) in [6, 6.07) is 7.88. The van der Waals surface area contributed by atoms with Gasteiger partial charge < -0.3 is 9.84 Å². The number of aliphatic hydroxyl groups is 1. The first-order valence-electron chi connectivity index (χ1n) is 6.20. The average Bonchev–Trinajstić information content (AvgIpc) is 2.48. The third-order valence-corrected chi connectivity index (χ3v) is 2.55. The Bertz CT molecular complexity index is 617. The van der Waals surface area contributed by atoms with Crippen LogP contribution in [-0.4, -0.2) is 16.7 Å². The number of aromatic nitrogens is 1. The molecule has 0 saturated heterocycles. The molecule has 0 saturated carbocycles. The standard InChI is InChI=1S/C16H14FNO2/c17-15-5-4-14(3-1-2-10-19)16(11-15)20-12-13-6-8-18-9-7-13/h4-9,11,19H,2,10,12H2. The van der Waals surface area contributed by atoms with E-state index in [-0.39, 0.29) is 12.4 Å². The molecule has 4 heteroatoms. The highest BCUT2D eigenvalue weighted by atomic mass is 19.1. The van der Waals surface area contributed by atoms with Crippen molar-refractivity contribution in [2.75, 3.05) is 6.61 Å². The number of hydrogen-bond donors (Lipinski definition) is 1. The van der Waals surface area contributed by atoms with Crippen LogP contribution in [0.25, 0.3) is 0 Å². The number of ether oxygens (including phenoxy) is 1. The van der Waals surface area contributed by atoms with Gasteiger partial charge in [0, 0.05) is 24.9 Å². The Morgan fingerprint density at radius 3 is 2.75 bits per heavy atom. The second kappa shape index (κ2) is 7.27. The summed E-state index contributed by atoms with van der Waals surface area (Å²) in [5.74, 6) is 5.68. The molecule has 1 N–H and O–H groups in total. The number of rotatable bonds is 4. The third kappa shape index (κ3) is 4.08. The molecule has 0 aliphatic heterocycles. The fourth-order valence-electron chi connectivity index (χ4n) is 1.57. The highest BCUT2D eigenvalue weighted by Crippen LogP contribution is 2.20. The fourth-order valence-corrected chi connectivity index (χ4v) is 1.57. The molecule has 102 valence electrons. The van der Waals surface area contributed by atoms with E-state index in [0.717, 1.165) is 5.56 Å². The van der Waals surface area contributed by atoms with Crippen molar-refractivity contribution in [2.45, 2.75) is 13.0 Å². The third-order valence-electron chi connectivity index (χ3n) is 2.55. The van der Waals surface area contributed by atoms with Gasteiger partial charge in [0.15, 0.2) is 0 Å². The minimum Gasteiger partial charge on any atom is -0.487 e. The molecule has 1 aromatic heterocycles. The van der Waals surface area contributed by atoms with Crippen molar-refractivity contribution in [3.8, 4) is 17.6 Å². The van der Waals surface area contributed by atoms with Gasteiger partial charge in [0.25, 0.3) is 0 Å². The minimum atomic E-state index is -0.373. The molecular formula is C16H14FNO2. The van der Waals surface area contributed by atoms with Crippen LogP contribution >= 0.6 is 0 Å². The Labute approximate surface area is 117 Å². The molecule has 1 aromatic carbocycles. The number of halogens is 1. The molecule has 0 aliphatic carbocycles. The van der Waals surface area contributed by atoms with Crippen LogP contribution in [-0.2, 0) is 6.61 Å². The molecule has 1 heterocycles. The maximum atomic E-state index is 13.3. The summed E-state index contributed by atoms with van der Waals surface area (Å²) < 4.78 is 18.9. The normalized spacial score (nSPS) is 9.70. The van der Waals surface area contributed by atoms with E-state index in [0.29, 0.717) is 24.3 Å². The van der Waals surface area contributed by atoms with E-state index >= 15 is 0 Å². The molecule has 0 aliphatic rings. The largest absolute Gasteiger partial charge is 0.487 e. The molecule has 0 amide bonds. The number of nitrogens with zero attached hydrogens (tertiary/aromatic N) is 1. The molecule has 0 atom stereocenters. The van der Waals surface area contributed by atoms with Gasteiger partial charge in [0.05, 0.1) is 12.2 Å². The van der Waals surface area contributed by atoms with E-state index in [4.69, 9.17) is 9.84 Å². The first-order chi connectivity index (χ1) is 9.79. The quantitative estimate of drug-likeness (QED) is 0.869. The molecule has 0 radical (unpaired) electrons. The van der Waals surface area contributed by atoms with Crippen molar-refractivity contribution in [3.05, 3.63) is 59.7 Å². The Kier molecular flexibility index (Phi) is 5.10. The van der Waals surface area contributed by atoms with Crippen LogP contribution < -0.4 is 4.74 Å². The molecule has 2 aromatic rings. The van der Waals surface area contributed by atoms with Gasteiger partial charge in [-0.2, -0.15) is 0 Å². The van der Waals surface area contributed by atoms with Crippen molar-refractivity contribution in [2.24, 2.45) is 0 Å². The summed E-state index contributed by atoms with van der Waals surface area (Å²) in [7, 11) is 0. The first-order valence-corrected chi connectivity index (χ1v) is 6.20. The zero-order valence-corrected chi connectivity index (χ0v) is 10.8. The van der Waals surface area contributed by atoms with E-state index in [1.165, 1.54) is 12.1 Å². The summed E-state index contributed by atoms with van der Waals surface area (Å²) in [4.78, 5) is 3.92. The highest BCUT2D eigenvalue weighted by molar-refractivity contribution is 5.46. The van der Waals surface area contributed by atoms with Gasteiger partial charge in [-0.1, -0.05) is 11.8 Å². The molecule has 20 heavy (non-hydrogen) atoms. The van der Waals surface area contributed by atoms with E-state index in [2.05, 4.69) is 16.8 Å². The predicted molar refractivity (Wildman–Crippen MR) is 73.5 cm³/mol. The first kappa shape index (κ1) is 14.0. The minimum absolute atomic E-state index is 0.00139. The molecule has 3 nitrogen and oxygen atoms in total. The van der Waals surface area contributed by atoms with Crippen molar-refractivity contribution in [3.63, 3.8) is 0 Å². The van der Waals surface area contributed by atoms with Crippen LogP contribution in [0.4, 0.5) is 4.39 Å². The molecule has 0 bridgehead atoms. The summed E-state index contributed by atoms with van der Waals surface area (Å²) in [5.41, 5.74) is 1.55. The molecule has 0 fully saturated rings. The molecular weight excluding hydrogens is 257 g/mol. The number of pyridine rings is 1. The highest BCUT2D eigenvalue weighted by Gasteiger charge is 2.04. The lowest BCUT2D eigenvalue weighted by atomic mass is 10.2. The van der Waals surface area contributed by atoms with Crippen LogP contribution in [0.2, 0.25) is 0 Å². The Hall–Kier alpha value is -2.38. The summed E-state index contributed by atoms with van der Waals surface area (Å²) in [5, 5.41) is 8.71. The Morgan fingerprint density at radius 2 is 2.00 bits per heavy atom. The lowest BCUT2D eigenvalue weighted by Gasteiger charge is -2.08. The van der Waals surface area contributed by atoms with Crippen LogP contribution in [0.1, 0.15) is 17.5 Å². The zero-order valence-electron chi connectivity index (χ0n) is 10.8. The van der Waals surface area contributed by atoms with Crippen molar-refractivity contribution < 1.29 is 14.2 Å². The van der Waals surface area contributed by atoms with E-state index in [1.54, 1.807) is 18.5 Å². The monoisotopic (exact) mass is 271 g/mol.